The lowest BCUT2D eigenvalue weighted by atomic mass is 10.0. The van der Waals surface area contributed by atoms with Crippen LogP contribution >= 0.6 is 0 Å². The third-order valence-electron chi connectivity index (χ3n) is 8.73. The van der Waals surface area contributed by atoms with Crippen LogP contribution in [0.2, 0.25) is 0 Å². The Kier molecular flexibility index (Phi) is 6.70. The first-order valence-corrected chi connectivity index (χ1v) is 14.3. The smallest absolute Gasteiger partial charge is 0.254 e. The molecule has 0 saturated carbocycles. The van der Waals surface area contributed by atoms with Crippen LogP contribution in [0.5, 0.6) is 5.75 Å². The Balaban J connectivity index is 0.981. The predicted molar refractivity (Wildman–Crippen MR) is 146 cm³/mol. The van der Waals surface area contributed by atoms with Gasteiger partial charge >= 0.3 is 0 Å². The summed E-state index contributed by atoms with van der Waals surface area (Å²) in [7, 11) is 0. The van der Waals surface area contributed by atoms with Crippen LogP contribution in [0.25, 0.3) is 10.9 Å². The number of carbonyl (C=O) groups is 1. The number of ether oxygens (including phenoxy) is 2. The maximum absolute atomic E-state index is 15.1. The monoisotopic (exact) mass is 530 g/mol. The van der Waals surface area contributed by atoms with E-state index in [0.717, 1.165) is 92.0 Å². The largest absolute Gasteiger partial charge is 0.489 e. The van der Waals surface area contributed by atoms with Gasteiger partial charge in [-0.05, 0) is 79.8 Å². The van der Waals surface area contributed by atoms with Crippen molar-refractivity contribution in [2.24, 2.45) is 0 Å². The Bertz CT molecular complexity index is 1390. The molecule has 0 unspecified atom stereocenters. The number of aromatic nitrogens is 1. The summed E-state index contributed by atoms with van der Waals surface area (Å²) in [6.07, 6.45) is 4.10. The Morgan fingerprint density at radius 3 is 2.92 bits per heavy atom. The highest BCUT2D eigenvalue weighted by Gasteiger charge is 2.34. The molecule has 3 aromatic rings. The summed E-state index contributed by atoms with van der Waals surface area (Å²) in [6, 6.07) is 13.9. The molecule has 204 valence electrons. The van der Waals surface area contributed by atoms with E-state index < -0.39 is 0 Å². The highest BCUT2D eigenvalue weighted by atomic mass is 19.1. The molecule has 4 aliphatic heterocycles. The zero-order chi connectivity index (χ0) is 26.3. The second kappa shape index (κ2) is 10.5. The average Bonchev–Trinajstić information content (AvgIpc) is 3.71. The molecule has 0 radical (unpaired) electrons. The fourth-order valence-electron chi connectivity index (χ4n) is 6.63. The molecule has 39 heavy (non-hydrogen) atoms. The molecule has 1 N–H and O–H groups in total. The maximum Gasteiger partial charge on any atom is 0.254 e. The average molecular weight is 531 g/mol. The van der Waals surface area contributed by atoms with E-state index in [0.29, 0.717) is 25.2 Å². The molecule has 7 rings (SSSR count). The second-order valence-electron chi connectivity index (χ2n) is 11.5. The van der Waals surface area contributed by atoms with Gasteiger partial charge in [0.15, 0.2) is 0 Å². The van der Waals surface area contributed by atoms with Crippen LogP contribution in [-0.4, -0.2) is 72.2 Å². The lowest BCUT2D eigenvalue weighted by Crippen LogP contribution is -2.46. The van der Waals surface area contributed by atoms with Gasteiger partial charge in [0.2, 0.25) is 0 Å². The molecule has 2 aromatic carbocycles. The molecule has 1 amide bonds. The molecular weight excluding hydrogens is 495 g/mol. The number of nitrogens with zero attached hydrogens (tertiary/aromatic N) is 3. The lowest BCUT2D eigenvalue weighted by molar-refractivity contribution is 0.0674. The minimum Gasteiger partial charge on any atom is -0.489 e. The number of halogens is 1. The number of likely N-dealkylation sites (tertiary alicyclic amines) is 1. The summed E-state index contributed by atoms with van der Waals surface area (Å²) in [5, 5.41) is 4.25. The van der Waals surface area contributed by atoms with Crippen molar-refractivity contribution in [2.75, 3.05) is 39.4 Å². The summed E-state index contributed by atoms with van der Waals surface area (Å²) in [5.74, 6) is 0.956. The van der Waals surface area contributed by atoms with Gasteiger partial charge in [-0.15, -0.1) is 0 Å². The van der Waals surface area contributed by atoms with Crippen molar-refractivity contribution in [3.63, 3.8) is 0 Å². The Morgan fingerprint density at radius 1 is 1.13 bits per heavy atom. The molecule has 1 aromatic heterocycles. The van der Waals surface area contributed by atoms with E-state index in [-0.39, 0.29) is 29.8 Å². The van der Waals surface area contributed by atoms with Crippen molar-refractivity contribution in [3.05, 3.63) is 70.7 Å². The van der Waals surface area contributed by atoms with Crippen molar-refractivity contribution in [1.29, 1.82) is 0 Å². The molecule has 0 bridgehead atoms. The van der Waals surface area contributed by atoms with Crippen LogP contribution in [0.15, 0.2) is 42.5 Å². The molecule has 0 spiro atoms. The van der Waals surface area contributed by atoms with Gasteiger partial charge in [0.25, 0.3) is 5.91 Å². The van der Waals surface area contributed by atoms with Crippen LogP contribution in [0, 0.1) is 5.82 Å². The number of carbonyl (C=O) groups excluding carboxylic acids is 1. The number of piperidine rings is 1. The van der Waals surface area contributed by atoms with E-state index >= 15 is 4.39 Å². The van der Waals surface area contributed by atoms with E-state index in [9.17, 15) is 4.79 Å². The number of fused-ring (bicyclic) bond motifs is 2. The summed E-state index contributed by atoms with van der Waals surface area (Å²) in [6.45, 7) is 6.33. The third-order valence-corrected chi connectivity index (χ3v) is 8.73. The molecule has 4 aliphatic rings. The van der Waals surface area contributed by atoms with Crippen molar-refractivity contribution < 1.29 is 18.7 Å². The highest BCUT2D eigenvalue weighted by Crippen LogP contribution is 2.31. The lowest BCUT2D eigenvalue weighted by Gasteiger charge is -2.31. The maximum atomic E-state index is 15.1. The summed E-state index contributed by atoms with van der Waals surface area (Å²) in [5.41, 5.74) is 4.17. The number of hydrogen-bond donors (Lipinski definition) is 1. The Hall–Kier alpha value is -3.07. The van der Waals surface area contributed by atoms with Gasteiger partial charge in [-0.25, -0.2) is 9.37 Å². The third kappa shape index (κ3) is 5.01. The van der Waals surface area contributed by atoms with E-state index in [2.05, 4.69) is 21.3 Å². The van der Waals surface area contributed by atoms with E-state index in [1.54, 1.807) is 6.07 Å². The summed E-state index contributed by atoms with van der Waals surface area (Å²) in [4.78, 5) is 21.9. The van der Waals surface area contributed by atoms with E-state index in [1.807, 2.05) is 35.2 Å². The highest BCUT2D eigenvalue weighted by molar-refractivity contribution is 5.98. The fourth-order valence-corrected chi connectivity index (χ4v) is 6.63. The number of nitrogens with one attached hydrogen (secondary N) is 1. The van der Waals surface area contributed by atoms with E-state index in [4.69, 9.17) is 9.47 Å². The SMILES string of the molecule is O=C1c2ccc(O[C@H]3CCN(Cc4cc(F)c5nc([C@@H]6CCOC6)ccc5c4)C3)cc2CN1[C@H]1CCCNC1. The van der Waals surface area contributed by atoms with Gasteiger partial charge in [0.1, 0.15) is 23.2 Å². The van der Waals surface area contributed by atoms with Crippen molar-refractivity contribution >= 4 is 16.8 Å². The predicted octanol–water partition coefficient (Wildman–Crippen LogP) is 4.24. The molecule has 3 fully saturated rings. The van der Waals surface area contributed by atoms with Crippen LogP contribution in [0.4, 0.5) is 4.39 Å². The first-order valence-electron chi connectivity index (χ1n) is 14.3. The van der Waals surface area contributed by atoms with Crippen LogP contribution in [0.1, 0.15) is 58.8 Å². The normalized spacial score (nSPS) is 25.5. The molecule has 7 nitrogen and oxygen atoms in total. The quantitative estimate of drug-likeness (QED) is 0.515. The number of pyridine rings is 1. The molecule has 5 heterocycles. The van der Waals surface area contributed by atoms with Gasteiger partial charge in [-0.3, -0.25) is 9.69 Å². The van der Waals surface area contributed by atoms with Crippen LogP contribution < -0.4 is 10.1 Å². The molecule has 3 atom stereocenters. The molecule has 8 heteroatoms. The molecular formula is C31H35FN4O3. The first-order chi connectivity index (χ1) is 19.1. The number of rotatable bonds is 6. The summed E-state index contributed by atoms with van der Waals surface area (Å²) >= 11 is 0. The zero-order valence-electron chi connectivity index (χ0n) is 22.2. The van der Waals surface area contributed by atoms with Gasteiger partial charge in [0, 0.05) is 67.9 Å². The first kappa shape index (κ1) is 24.9. The number of amides is 1. The van der Waals surface area contributed by atoms with Gasteiger partial charge in [0.05, 0.1) is 6.61 Å². The summed E-state index contributed by atoms with van der Waals surface area (Å²) < 4.78 is 26.9. The fraction of sp³-hybridized carbons (Fsp3) is 0.484. The van der Waals surface area contributed by atoms with Crippen molar-refractivity contribution in [3.8, 4) is 5.75 Å². The molecule has 3 saturated heterocycles. The Labute approximate surface area is 228 Å². The number of benzene rings is 2. The standard InChI is InChI=1S/C31H35FN4O3/c32-28-13-20(12-21-3-6-29(34-30(21)28)22-8-11-38-19-22)16-35-10-7-26(18-35)39-25-4-5-27-23(14-25)17-36(31(27)37)24-2-1-9-33-15-24/h3-6,12-14,22,24,26,33H,1-2,7-11,15-19H2/t22-,24+,26+/m1/s1. The van der Waals surface area contributed by atoms with E-state index in [1.165, 1.54) is 0 Å². The Morgan fingerprint density at radius 2 is 2.08 bits per heavy atom. The topological polar surface area (TPSA) is 66.9 Å². The minimum absolute atomic E-state index is 0.0713. The van der Waals surface area contributed by atoms with Crippen LogP contribution in [0.3, 0.4) is 0 Å². The minimum atomic E-state index is -0.263. The van der Waals surface area contributed by atoms with Crippen molar-refractivity contribution in [1.82, 2.24) is 20.1 Å². The van der Waals surface area contributed by atoms with Crippen LogP contribution in [-0.2, 0) is 17.8 Å². The van der Waals surface area contributed by atoms with Crippen molar-refractivity contribution in [2.45, 2.75) is 56.8 Å². The van der Waals surface area contributed by atoms with Gasteiger partial charge < -0.3 is 19.7 Å². The molecule has 0 aliphatic carbocycles. The number of hydrogen-bond acceptors (Lipinski definition) is 6. The zero-order valence-corrected chi connectivity index (χ0v) is 22.2. The van der Waals surface area contributed by atoms with Gasteiger partial charge in [-0.2, -0.15) is 0 Å². The second-order valence-corrected chi connectivity index (χ2v) is 11.5. The van der Waals surface area contributed by atoms with Gasteiger partial charge in [-0.1, -0.05) is 6.07 Å².